The molecule has 0 amide bonds. The summed E-state index contributed by atoms with van der Waals surface area (Å²) in [5, 5.41) is 2.95. The number of nitrogens with zero attached hydrogens (tertiary/aromatic N) is 1. The second kappa shape index (κ2) is 8.63. The Hall–Kier alpha value is -1.60. The van der Waals surface area contributed by atoms with Crippen molar-refractivity contribution in [2.75, 3.05) is 20.8 Å². The number of halogens is 1. The van der Waals surface area contributed by atoms with Gasteiger partial charge < -0.3 is 0 Å². The molecule has 2 aromatic carbocycles. The molecule has 112 valence electrons. The Bertz CT molecular complexity index is 568. The van der Waals surface area contributed by atoms with Crippen molar-refractivity contribution in [3.63, 3.8) is 0 Å². The van der Waals surface area contributed by atoms with Gasteiger partial charge >= 0.3 is 135 Å². The van der Waals surface area contributed by atoms with E-state index in [1.54, 1.807) is 7.05 Å². The van der Waals surface area contributed by atoms with E-state index in [0.29, 0.717) is 6.73 Å². The molecule has 0 unspecified atom stereocenters. The van der Waals surface area contributed by atoms with E-state index in [9.17, 15) is 0 Å². The van der Waals surface area contributed by atoms with Crippen LogP contribution in [-0.4, -0.2) is 27.2 Å². The molecule has 2 aromatic rings. The van der Waals surface area contributed by atoms with Crippen LogP contribution in [0.4, 0.5) is 0 Å². The van der Waals surface area contributed by atoms with Gasteiger partial charge in [0.15, 0.2) is 0 Å². The molecule has 4 nitrogen and oxygen atoms in total. The summed E-state index contributed by atoms with van der Waals surface area (Å²) in [5.74, 6) is 1.70. The Morgan fingerprint density at radius 3 is 2.10 bits per heavy atom. The molecule has 0 aromatic heterocycles. The van der Waals surface area contributed by atoms with Crippen molar-refractivity contribution in [3.05, 3.63) is 55.7 Å². The molecule has 0 heterocycles. The first kappa shape index (κ1) is 15.8. The van der Waals surface area contributed by atoms with Gasteiger partial charge in [0.05, 0.1) is 0 Å². The first-order valence-electron chi connectivity index (χ1n) is 6.51. The summed E-state index contributed by atoms with van der Waals surface area (Å²) in [5.41, 5.74) is 0. The van der Waals surface area contributed by atoms with E-state index in [2.05, 4.69) is 34.6 Å². The van der Waals surface area contributed by atoms with Gasteiger partial charge in [0.2, 0.25) is 0 Å². The summed E-state index contributed by atoms with van der Waals surface area (Å²) in [7, 11) is 3.55. The van der Waals surface area contributed by atoms with Crippen LogP contribution < -0.4 is 36.0 Å². The maximum atomic E-state index is 5.49. The van der Waals surface area contributed by atoms with Crippen LogP contribution in [0.1, 0.15) is 0 Å². The van der Waals surface area contributed by atoms with Crippen molar-refractivity contribution in [1.29, 1.82) is 0 Å². The predicted molar refractivity (Wildman–Crippen MR) is 79.9 cm³/mol. The van der Waals surface area contributed by atoms with Crippen LogP contribution in [0, 0.1) is 7.14 Å². The Morgan fingerprint density at radius 1 is 1.00 bits per heavy atom. The Morgan fingerprint density at radius 2 is 1.57 bits per heavy atom. The fourth-order valence-electron chi connectivity index (χ4n) is 1.57. The van der Waals surface area contributed by atoms with Crippen LogP contribution in [0.25, 0.3) is 0 Å². The molecule has 21 heavy (non-hydrogen) atoms. The minimum atomic E-state index is -0.184. The monoisotopic (exact) mass is 397 g/mol. The molecular weight excluding hydrogens is 379 g/mol. The molecule has 0 saturated carbocycles. The molecule has 2 rings (SSSR count). The molecule has 0 saturated heterocycles. The van der Waals surface area contributed by atoms with Gasteiger partial charge in [-0.1, -0.05) is 0 Å². The SMILES string of the molecule is CN=COc1ccc([I-]c2ccc(OCNC)cc2)cc1. The van der Waals surface area contributed by atoms with Gasteiger partial charge in [-0.05, 0) is 0 Å². The summed E-state index contributed by atoms with van der Waals surface area (Å²) in [6.07, 6.45) is 1.44. The van der Waals surface area contributed by atoms with E-state index in [1.807, 2.05) is 31.3 Å². The molecular formula is C16H18IN2O2-. The van der Waals surface area contributed by atoms with Crippen LogP contribution in [0.5, 0.6) is 11.5 Å². The van der Waals surface area contributed by atoms with Gasteiger partial charge in [-0.2, -0.15) is 0 Å². The van der Waals surface area contributed by atoms with Crippen molar-refractivity contribution in [2.24, 2.45) is 4.99 Å². The Kier molecular flexibility index (Phi) is 6.49. The zero-order valence-electron chi connectivity index (χ0n) is 12.0. The molecule has 0 fully saturated rings. The molecule has 0 aliphatic carbocycles. The van der Waals surface area contributed by atoms with Gasteiger partial charge in [0.25, 0.3) is 0 Å². The second-order valence-electron chi connectivity index (χ2n) is 4.13. The van der Waals surface area contributed by atoms with Crippen molar-refractivity contribution in [2.45, 2.75) is 0 Å². The van der Waals surface area contributed by atoms with Crippen molar-refractivity contribution in [3.8, 4) is 11.5 Å². The minimum absolute atomic E-state index is 0.184. The second-order valence-corrected chi connectivity index (χ2v) is 7.16. The number of ether oxygens (including phenoxy) is 2. The third-order valence-corrected chi connectivity index (χ3v) is 5.21. The third kappa shape index (κ3) is 5.35. The molecule has 0 aliphatic heterocycles. The summed E-state index contributed by atoms with van der Waals surface area (Å²) >= 11 is -0.184. The molecule has 0 atom stereocenters. The van der Waals surface area contributed by atoms with E-state index in [1.165, 1.54) is 13.5 Å². The third-order valence-electron chi connectivity index (χ3n) is 2.52. The predicted octanol–water partition coefficient (Wildman–Crippen LogP) is -0.592. The summed E-state index contributed by atoms with van der Waals surface area (Å²) in [6, 6.07) is 16.5. The molecule has 1 N–H and O–H groups in total. The van der Waals surface area contributed by atoms with E-state index < -0.39 is 0 Å². The normalized spacial score (nSPS) is 11.0. The van der Waals surface area contributed by atoms with Gasteiger partial charge in [0, 0.05) is 0 Å². The van der Waals surface area contributed by atoms with Crippen LogP contribution in [0.2, 0.25) is 0 Å². The number of hydrogen-bond acceptors (Lipinski definition) is 4. The standard InChI is InChI=1S/C16H18IN2O2/c1-18-11-20-15-7-3-13(4-8-15)17-14-5-9-16(10-6-14)21-12-19-2/h3-11,19H,12H2,1-2H3/q-1. The fourth-order valence-corrected chi connectivity index (χ4v) is 3.72. The van der Waals surface area contributed by atoms with E-state index in [-0.39, 0.29) is 21.2 Å². The average Bonchev–Trinajstić information content (AvgIpc) is 2.53. The van der Waals surface area contributed by atoms with Gasteiger partial charge in [-0.3, -0.25) is 0 Å². The first-order valence-corrected chi connectivity index (χ1v) is 8.67. The number of aliphatic imine (C=N–C) groups is 1. The van der Waals surface area contributed by atoms with Crippen LogP contribution in [0.15, 0.2) is 53.5 Å². The Labute approximate surface area is 135 Å². The fraction of sp³-hybridized carbons (Fsp3) is 0.188. The first-order chi connectivity index (χ1) is 10.3. The summed E-state index contributed by atoms with van der Waals surface area (Å²) < 4.78 is 13.5. The van der Waals surface area contributed by atoms with Crippen molar-refractivity contribution >= 4 is 6.40 Å². The summed E-state index contributed by atoms with van der Waals surface area (Å²) in [4.78, 5) is 3.79. The zero-order valence-corrected chi connectivity index (χ0v) is 14.2. The van der Waals surface area contributed by atoms with E-state index >= 15 is 0 Å². The van der Waals surface area contributed by atoms with Gasteiger partial charge in [-0.15, -0.1) is 0 Å². The van der Waals surface area contributed by atoms with Crippen molar-refractivity contribution in [1.82, 2.24) is 5.32 Å². The number of hydrogen-bond donors (Lipinski definition) is 1. The van der Waals surface area contributed by atoms with Crippen molar-refractivity contribution < 1.29 is 30.7 Å². The average molecular weight is 397 g/mol. The quantitative estimate of drug-likeness (QED) is 0.294. The van der Waals surface area contributed by atoms with Gasteiger partial charge in [0.1, 0.15) is 0 Å². The zero-order chi connectivity index (χ0) is 14.9. The van der Waals surface area contributed by atoms with Crippen LogP contribution >= 0.6 is 0 Å². The number of benzene rings is 2. The van der Waals surface area contributed by atoms with Gasteiger partial charge in [-0.25, -0.2) is 0 Å². The summed E-state index contributed by atoms with van der Waals surface area (Å²) in [6.45, 7) is 0.525. The number of rotatable bonds is 7. The molecule has 0 radical (unpaired) electrons. The molecule has 0 spiro atoms. The molecule has 0 bridgehead atoms. The maximum absolute atomic E-state index is 5.49. The van der Waals surface area contributed by atoms with E-state index in [4.69, 9.17) is 9.47 Å². The van der Waals surface area contributed by atoms with Crippen LogP contribution in [0.3, 0.4) is 0 Å². The molecule has 0 aliphatic rings. The Balaban J connectivity index is 1.94. The number of nitrogens with one attached hydrogen (secondary N) is 1. The molecule has 5 heteroatoms. The topological polar surface area (TPSA) is 42.9 Å². The van der Waals surface area contributed by atoms with Crippen LogP contribution in [-0.2, 0) is 0 Å². The van der Waals surface area contributed by atoms with E-state index in [0.717, 1.165) is 11.5 Å².